The molecule has 0 aliphatic carbocycles. The summed E-state index contributed by atoms with van der Waals surface area (Å²) in [5, 5.41) is 13.8. The van der Waals surface area contributed by atoms with E-state index in [1.54, 1.807) is 6.20 Å². The molecule has 3 N–H and O–H groups in total. The van der Waals surface area contributed by atoms with E-state index in [1.807, 2.05) is 10.7 Å². The number of amides is 1. The van der Waals surface area contributed by atoms with Gasteiger partial charge in [-0.1, -0.05) is 0 Å². The fraction of sp³-hybridized carbons (Fsp3) is 0.667. The van der Waals surface area contributed by atoms with Gasteiger partial charge in [-0.15, -0.1) is 0 Å². The van der Waals surface area contributed by atoms with Crippen molar-refractivity contribution < 1.29 is 4.79 Å². The molecule has 6 heteroatoms. The molecule has 6 nitrogen and oxygen atoms in total. The van der Waals surface area contributed by atoms with Crippen molar-refractivity contribution in [1.82, 2.24) is 20.4 Å². The standard InChI is InChI=1S/C12H19N5O/c18-12(9-2-1-4-13-6-9)16-11-3-5-15-17(11)10-7-14-8-10/h3,5,9-10,13-14H,1-2,4,6-8H2,(H,16,18)/t9-/m1/s1. The largest absolute Gasteiger partial charge is 0.316 e. The average molecular weight is 249 g/mol. The van der Waals surface area contributed by atoms with Crippen molar-refractivity contribution in [2.75, 3.05) is 31.5 Å². The number of carbonyl (C=O) groups excluding carboxylic acids is 1. The lowest BCUT2D eigenvalue weighted by atomic mass is 9.99. The highest BCUT2D eigenvalue weighted by atomic mass is 16.2. The number of anilines is 1. The Labute approximate surface area is 106 Å². The van der Waals surface area contributed by atoms with Crippen molar-refractivity contribution in [2.24, 2.45) is 5.92 Å². The van der Waals surface area contributed by atoms with Gasteiger partial charge in [0.05, 0.1) is 18.2 Å². The lowest BCUT2D eigenvalue weighted by Crippen LogP contribution is -2.44. The number of hydrogen-bond donors (Lipinski definition) is 3. The highest BCUT2D eigenvalue weighted by Crippen LogP contribution is 2.19. The van der Waals surface area contributed by atoms with Crippen LogP contribution in [0.15, 0.2) is 12.3 Å². The molecule has 1 aromatic heterocycles. The van der Waals surface area contributed by atoms with Gasteiger partial charge in [0.15, 0.2) is 0 Å². The number of piperidine rings is 1. The molecule has 0 aromatic carbocycles. The minimum atomic E-state index is 0.0848. The SMILES string of the molecule is O=C(Nc1ccnn1C1CNC1)[C@@H]1CCCNC1. The molecule has 98 valence electrons. The van der Waals surface area contributed by atoms with E-state index >= 15 is 0 Å². The molecule has 1 aromatic rings. The molecule has 0 saturated carbocycles. The van der Waals surface area contributed by atoms with E-state index in [-0.39, 0.29) is 11.8 Å². The fourth-order valence-electron chi connectivity index (χ4n) is 2.45. The molecule has 2 aliphatic heterocycles. The van der Waals surface area contributed by atoms with Crippen molar-refractivity contribution in [3.05, 3.63) is 12.3 Å². The average Bonchev–Trinajstić information content (AvgIpc) is 2.76. The third kappa shape index (κ3) is 2.26. The summed E-state index contributed by atoms with van der Waals surface area (Å²) < 4.78 is 1.91. The second-order valence-electron chi connectivity index (χ2n) is 5.01. The Morgan fingerprint density at radius 1 is 1.39 bits per heavy atom. The summed E-state index contributed by atoms with van der Waals surface area (Å²) in [6.45, 7) is 3.66. The zero-order valence-electron chi connectivity index (χ0n) is 10.4. The quantitative estimate of drug-likeness (QED) is 0.703. The van der Waals surface area contributed by atoms with Gasteiger partial charge in [0.25, 0.3) is 0 Å². The van der Waals surface area contributed by atoms with Gasteiger partial charge in [-0.05, 0) is 19.4 Å². The van der Waals surface area contributed by atoms with Crippen molar-refractivity contribution in [3.8, 4) is 0 Å². The zero-order valence-corrected chi connectivity index (χ0v) is 10.4. The van der Waals surface area contributed by atoms with E-state index in [2.05, 4.69) is 21.0 Å². The summed E-state index contributed by atoms with van der Waals surface area (Å²) in [5.41, 5.74) is 0. The monoisotopic (exact) mass is 249 g/mol. The first-order chi connectivity index (χ1) is 8.84. The van der Waals surface area contributed by atoms with E-state index in [0.29, 0.717) is 6.04 Å². The van der Waals surface area contributed by atoms with Gasteiger partial charge in [0.2, 0.25) is 5.91 Å². The van der Waals surface area contributed by atoms with Crippen LogP contribution in [0.4, 0.5) is 5.82 Å². The summed E-state index contributed by atoms with van der Waals surface area (Å²) in [6.07, 6.45) is 3.79. The van der Waals surface area contributed by atoms with Crippen LogP contribution in [0.1, 0.15) is 18.9 Å². The van der Waals surface area contributed by atoms with E-state index in [0.717, 1.165) is 44.8 Å². The first-order valence-corrected chi connectivity index (χ1v) is 6.60. The highest BCUT2D eigenvalue weighted by Gasteiger charge is 2.25. The minimum Gasteiger partial charge on any atom is -0.316 e. The van der Waals surface area contributed by atoms with Crippen LogP contribution in [0.25, 0.3) is 0 Å². The van der Waals surface area contributed by atoms with Gasteiger partial charge in [-0.3, -0.25) is 4.79 Å². The van der Waals surface area contributed by atoms with Gasteiger partial charge < -0.3 is 16.0 Å². The molecule has 1 atom stereocenters. The first-order valence-electron chi connectivity index (χ1n) is 6.60. The molecule has 0 spiro atoms. The van der Waals surface area contributed by atoms with E-state index in [9.17, 15) is 4.79 Å². The molecule has 3 rings (SSSR count). The molecule has 0 unspecified atom stereocenters. The predicted octanol–water partition coefficient (Wildman–Crippen LogP) is -0.0345. The van der Waals surface area contributed by atoms with Gasteiger partial charge in [0, 0.05) is 25.7 Å². The van der Waals surface area contributed by atoms with Crippen LogP contribution in [-0.2, 0) is 4.79 Å². The van der Waals surface area contributed by atoms with E-state index in [4.69, 9.17) is 0 Å². The number of hydrogen-bond acceptors (Lipinski definition) is 4. The molecule has 3 heterocycles. The fourth-order valence-corrected chi connectivity index (χ4v) is 2.45. The second-order valence-corrected chi connectivity index (χ2v) is 5.01. The lowest BCUT2D eigenvalue weighted by Gasteiger charge is -2.29. The van der Waals surface area contributed by atoms with Crippen LogP contribution < -0.4 is 16.0 Å². The minimum absolute atomic E-state index is 0.0848. The Morgan fingerprint density at radius 2 is 2.28 bits per heavy atom. The topological polar surface area (TPSA) is 71.0 Å². The second kappa shape index (κ2) is 5.07. The summed E-state index contributed by atoms with van der Waals surface area (Å²) in [5.74, 6) is 1.01. The number of carbonyl (C=O) groups is 1. The summed E-state index contributed by atoms with van der Waals surface area (Å²) in [4.78, 5) is 12.1. The molecule has 1 amide bonds. The highest BCUT2D eigenvalue weighted by molar-refractivity contribution is 5.92. The van der Waals surface area contributed by atoms with Crippen LogP contribution >= 0.6 is 0 Å². The van der Waals surface area contributed by atoms with Crippen LogP contribution in [0.5, 0.6) is 0 Å². The number of rotatable bonds is 3. The maximum absolute atomic E-state index is 12.1. The zero-order chi connectivity index (χ0) is 12.4. The van der Waals surface area contributed by atoms with Gasteiger partial charge in [-0.2, -0.15) is 5.10 Å². The molecule has 0 radical (unpaired) electrons. The number of aromatic nitrogens is 2. The van der Waals surface area contributed by atoms with Gasteiger partial charge in [-0.25, -0.2) is 4.68 Å². The molecule has 2 aliphatic rings. The lowest BCUT2D eigenvalue weighted by molar-refractivity contribution is -0.120. The Bertz CT molecular complexity index is 420. The normalized spacial score (nSPS) is 24.6. The first kappa shape index (κ1) is 11.7. The summed E-state index contributed by atoms with van der Waals surface area (Å²) in [7, 11) is 0. The molecular weight excluding hydrogens is 230 g/mol. The van der Waals surface area contributed by atoms with Crippen LogP contribution in [0.2, 0.25) is 0 Å². The summed E-state index contributed by atoms with van der Waals surface area (Å²) in [6, 6.07) is 2.24. The molecule has 2 saturated heterocycles. The van der Waals surface area contributed by atoms with E-state index < -0.39 is 0 Å². The predicted molar refractivity (Wildman–Crippen MR) is 68.4 cm³/mol. The van der Waals surface area contributed by atoms with Crippen molar-refractivity contribution in [2.45, 2.75) is 18.9 Å². The summed E-state index contributed by atoms with van der Waals surface area (Å²) >= 11 is 0. The van der Waals surface area contributed by atoms with Gasteiger partial charge in [0.1, 0.15) is 5.82 Å². The smallest absolute Gasteiger partial charge is 0.229 e. The molecule has 18 heavy (non-hydrogen) atoms. The Kier molecular flexibility index (Phi) is 3.29. The van der Waals surface area contributed by atoms with Crippen LogP contribution in [0.3, 0.4) is 0 Å². The molecule has 0 bridgehead atoms. The molecular formula is C12H19N5O. The van der Waals surface area contributed by atoms with Crippen molar-refractivity contribution >= 4 is 11.7 Å². The number of nitrogens with zero attached hydrogens (tertiary/aromatic N) is 2. The molecule has 2 fully saturated rings. The maximum atomic E-state index is 12.1. The van der Waals surface area contributed by atoms with E-state index in [1.165, 1.54) is 0 Å². The Balaban J connectivity index is 1.64. The third-order valence-electron chi connectivity index (χ3n) is 3.70. The third-order valence-corrected chi connectivity index (χ3v) is 3.70. The Morgan fingerprint density at radius 3 is 2.94 bits per heavy atom. The maximum Gasteiger partial charge on any atom is 0.229 e. The Hall–Kier alpha value is -1.40. The van der Waals surface area contributed by atoms with Gasteiger partial charge >= 0.3 is 0 Å². The van der Waals surface area contributed by atoms with Crippen molar-refractivity contribution in [1.29, 1.82) is 0 Å². The van der Waals surface area contributed by atoms with Crippen LogP contribution in [-0.4, -0.2) is 41.9 Å². The van der Waals surface area contributed by atoms with Crippen molar-refractivity contribution in [3.63, 3.8) is 0 Å². The van der Waals surface area contributed by atoms with Crippen LogP contribution in [0, 0.1) is 5.92 Å². The number of nitrogens with one attached hydrogen (secondary N) is 3.